The van der Waals surface area contributed by atoms with E-state index in [1.165, 1.54) is 11.0 Å². The summed E-state index contributed by atoms with van der Waals surface area (Å²) in [4.78, 5) is 28.4. The Balaban J connectivity index is 2.49. The number of nitrogens with zero attached hydrogens (tertiary/aromatic N) is 2. The van der Waals surface area contributed by atoms with E-state index in [0.717, 1.165) is 0 Å². The third-order valence-corrected chi connectivity index (χ3v) is 8.49. The van der Waals surface area contributed by atoms with E-state index < -0.39 is 45.8 Å². The highest BCUT2D eigenvalue weighted by molar-refractivity contribution is 7.90. The zero-order chi connectivity index (χ0) is 29.0. The van der Waals surface area contributed by atoms with E-state index in [-0.39, 0.29) is 27.3 Å². The molecule has 0 spiro atoms. The van der Waals surface area contributed by atoms with Gasteiger partial charge in [0.2, 0.25) is 0 Å². The maximum Gasteiger partial charge on any atom is 0.415 e. The fraction of sp³-hybridized carbons (Fsp3) is 0.692. The van der Waals surface area contributed by atoms with Crippen LogP contribution in [-0.2, 0) is 16.1 Å². The first-order valence-electron chi connectivity index (χ1n) is 12.8. The molecule has 0 bridgehead atoms. The topological polar surface area (TPSA) is 94.2 Å². The molecule has 1 aliphatic rings. The summed E-state index contributed by atoms with van der Waals surface area (Å²) in [6.07, 6.45) is -0.166. The van der Waals surface area contributed by atoms with Gasteiger partial charge in [-0.15, -0.1) is 4.72 Å². The summed E-state index contributed by atoms with van der Waals surface area (Å²) in [5, 5.41) is -0.422. The van der Waals surface area contributed by atoms with Crippen LogP contribution in [0.1, 0.15) is 79.8 Å². The smallest absolute Gasteiger partial charge is 0.415 e. The van der Waals surface area contributed by atoms with Gasteiger partial charge >= 0.3 is 12.2 Å². The molecule has 0 radical (unpaired) electrons. The van der Waals surface area contributed by atoms with E-state index in [4.69, 9.17) is 32.7 Å². The van der Waals surface area contributed by atoms with Crippen LogP contribution < -0.4 is 9.46 Å². The van der Waals surface area contributed by atoms with Crippen LogP contribution in [0.4, 0.5) is 14.0 Å². The van der Waals surface area contributed by atoms with Crippen LogP contribution in [0.3, 0.4) is 0 Å². The lowest BCUT2D eigenvalue weighted by molar-refractivity contribution is 0.0170. The Hall–Kier alpha value is -1.46. The molecule has 1 saturated heterocycles. The maximum absolute atomic E-state index is 15.8. The quantitative estimate of drug-likeness (QED) is 0.278. The molecule has 38 heavy (non-hydrogen) atoms. The van der Waals surface area contributed by atoms with Gasteiger partial charge in [0.25, 0.3) is 0 Å². The summed E-state index contributed by atoms with van der Waals surface area (Å²) in [6.45, 7) is 15.9. The van der Waals surface area contributed by atoms with Crippen molar-refractivity contribution in [1.82, 2.24) is 14.5 Å². The molecule has 1 aliphatic heterocycles. The molecule has 12 heteroatoms. The fourth-order valence-electron chi connectivity index (χ4n) is 4.03. The molecule has 2 amide bonds. The van der Waals surface area contributed by atoms with E-state index in [9.17, 15) is 14.1 Å². The number of ether oxygens (including phenoxy) is 2. The van der Waals surface area contributed by atoms with E-state index in [1.54, 1.807) is 60.3 Å². The monoisotopic (exact) mass is 595 g/mol. The summed E-state index contributed by atoms with van der Waals surface area (Å²) in [6, 6.07) is 0.471. The lowest BCUT2D eigenvalue weighted by atomic mass is 9.85. The SMILES string of the molecule is CCN(CC)C(=O)Oc1cc(Cl)c(Cl)c(F)c1C(N[S+]([O-])C(C)(C)C)C1CCN(C(=O)OC(C)(C)C)CC1. The van der Waals surface area contributed by atoms with E-state index in [0.29, 0.717) is 39.0 Å². The molecule has 1 heterocycles. The van der Waals surface area contributed by atoms with Gasteiger partial charge in [0, 0.05) is 43.6 Å². The van der Waals surface area contributed by atoms with E-state index in [2.05, 4.69) is 4.72 Å². The van der Waals surface area contributed by atoms with Crippen LogP contribution in [0.25, 0.3) is 0 Å². The third kappa shape index (κ3) is 8.52. The van der Waals surface area contributed by atoms with Crippen molar-refractivity contribution < 1.29 is 28.0 Å². The highest BCUT2D eigenvalue weighted by atomic mass is 35.5. The summed E-state index contributed by atoms with van der Waals surface area (Å²) in [5.41, 5.74) is -0.651. The van der Waals surface area contributed by atoms with Crippen molar-refractivity contribution >= 4 is 46.8 Å². The molecule has 1 fully saturated rings. The number of nitrogens with one attached hydrogen (secondary N) is 1. The average Bonchev–Trinajstić information content (AvgIpc) is 2.81. The number of carbonyl (C=O) groups is 2. The molecule has 0 saturated carbocycles. The highest BCUT2D eigenvalue weighted by Gasteiger charge is 2.40. The standard InChI is InChI=1S/C26H40Cl2FN3O5S/c1-9-31(10-2)23(33)36-18-15-17(27)20(28)21(29)19(18)22(30-38(35)26(6,7)8)16-11-13-32(14-12-16)24(34)37-25(3,4)5/h15-16,22,30H,9-14H2,1-8H3. The summed E-state index contributed by atoms with van der Waals surface area (Å²) < 4.78 is 42.6. The minimum absolute atomic E-state index is 0.0202. The van der Waals surface area contributed by atoms with Gasteiger partial charge in [-0.3, -0.25) is 0 Å². The molecular weight excluding hydrogens is 556 g/mol. The second-order valence-electron chi connectivity index (χ2n) is 11.2. The molecule has 1 N–H and O–H groups in total. The van der Waals surface area contributed by atoms with Gasteiger partial charge in [-0.25, -0.2) is 14.0 Å². The lowest BCUT2D eigenvalue weighted by Gasteiger charge is -2.38. The largest absolute Gasteiger partial charge is 0.598 e. The number of likely N-dealkylation sites (tertiary alicyclic amines) is 1. The Bertz CT molecular complexity index is 991. The number of halogens is 3. The van der Waals surface area contributed by atoms with Crippen LogP contribution in [0.5, 0.6) is 5.75 Å². The van der Waals surface area contributed by atoms with Crippen LogP contribution >= 0.6 is 23.2 Å². The zero-order valence-electron chi connectivity index (χ0n) is 23.5. The van der Waals surface area contributed by atoms with Crippen LogP contribution in [-0.4, -0.2) is 63.1 Å². The van der Waals surface area contributed by atoms with Crippen molar-refractivity contribution in [3.63, 3.8) is 0 Å². The van der Waals surface area contributed by atoms with Crippen molar-refractivity contribution in [1.29, 1.82) is 0 Å². The Morgan fingerprint density at radius 1 is 1.18 bits per heavy atom. The molecule has 2 unspecified atom stereocenters. The van der Waals surface area contributed by atoms with Crippen LogP contribution in [0, 0.1) is 11.7 Å². The number of carbonyl (C=O) groups excluding carboxylic acids is 2. The molecule has 2 atom stereocenters. The summed E-state index contributed by atoms with van der Waals surface area (Å²) >= 11 is 10.8. The Morgan fingerprint density at radius 3 is 2.21 bits per heavy atom. The molecular formula is C26H40Cl2FN3O5S. The predicted molar refractivity (Wildman–Crippen MR) is 150 cm³/mol. The van der Waals surface area contributed by atoms with Gasteiger partial charge in [0.15, 0.2) is 5.82 Å². The van der Waals surface area contributed by atoms with Gasteiger partial charge < -0.3 is 23.8 Å². The fourth-order valence-corrected chi connectivity index (χ4v) is 5.26. The number of rotatable bonds is 7. The van der Waals surface area contributed by atoms with Crippen molar-refractivity contribution in [2.45, 2.75) is 84.6 Å². The minimum atomic E-state index is -1.60. The van der Waals surface area contributed by atoms with Crippen molar-refractivity contribution in [3.05, 3.63) is 27.5 Å². The predicted octanol–water partition coefficient (Wildman–Crippen LogP) is 6.71. The lowest BCUT2D eigenvalue weighted by Crippen LogP contribution is -2.47. The van der Waals surface area contributed by atoms with Crippen molar-refractivity contribution in [2.75, 3.05) is 26.2 Å². The van der Waals surface area contributed by atoms with Crippen molar-refractivity contribution in [2.24, 2.45) is 5.92 Å². The van der Waals surface area contributed by atoms with E-state index >= 15 is 4.39 Å². The summed E-state index contributed by atoms with van der Waals surface area (Å²) in [7, 11) is 0. The molecule has 8 nitrogen and oxygen atoms in total. The number of piperidine rings is 1. The highest BCUT2D eigenvalue weighted by Crippen LogP contribution is 2.43. The number of hydrogen-bond acceptors (Lipinski definition) is 6. The summed E-state index contributed by atoms with van der Waals surface area (Å²) in [5.74, 6) is -1.20. The zero-order valence-corrected chi connectivity index (χ0v) is 25.8. The Labute approximate surface area is 238 Å². The maximum atomic E-state index is 15.8. The van der Waals surface area contributed by atoms with Crippen molar-refractivity contribution in [3.8, 4) is 5.75 Å². The van der Waals surface area contributed by atoms with Crippen LogP contribution in [0.15, 0.2) is 6.07 Å². The second kappa shape index (κ2) is 13.3. The van der Waals surface area contributed by atoms with E-state index in [1.807, 2.05) is 0 Å². The molecule has 1 aromatic rings. The first-order chi connectivity index (χ1) is 17.5. The minimum Gasteiger partial charge on any atom is -0.598 e. The molecule has 216 valence electrons. The Morgan fingerprint density at radius 2 is 1.74 bits per heavy atom. The number of benzene rings is 1. The first kappa shape index (κ1) is 32.8. The third-order valence-electron chi connectivity index (χ3n) is 6.14. The Kier molecular flexibility index (Phi) is 11.4. The number of hydrogen-bond donors (Lipinski definition) is 1. The van der Waals surface area contributed by atoms with Gasteiger partial charge in [-0.05, 0) is 74.1 Å². The average molecular weight is 597 g/mol. The molecule has 0 aromatic heterocycles. The van der Waals surface area contributed by atoms with Gasteiger partial charge in [0.1, 0.15) is 16.1 Å². The van der Waals surface area contributed by atoms with Crippen LogP contribution in [0.2, 0.25) is 10.0 Å². The van der Waals surface area contributed by atoms with Gasteiger partial charge in [-0.2, -0.15) is 0 Å². The molecule has 1 aromatic carbocycles. The van der Waals surface area contributed by atoms with Gasteiger partial charge in [0.05, 0.1) is 21.7 Å². The van der Waals surface area contributed by atoms with Gasteiger partial charge in [-0.1, -0.05) is 23.2 Å². The molecule has 2 rings (SSSR count). The number of amides is 2. The second-order valence-corrected chi connectivity index (χ2v) is 14.0. The molecule has 0 aliphatic carbocycles. The normalized spacial score (nSPS) is 16.7. The first-order valence-corrected chi connectivity index (χ1v) is 14.7.